The SMILES string of the molecule is CC(C)C1(C=O)CCCOC1=O. The van der Waals surface area contributed by atoms with Crippen molar-refractivity contribution >= 4 is 12.3 Å². The predicted octanol–water partition coefficient (Wildman–Crippen LogP) is 1.16. The molecule has 1 unspecified atom stereocenters. The van der Waals surface area contributed by atoms with Crippen LogP contribution in [0.2, 0.25) is 0 Å². The van der Waals surface area contributed by atoms with Gasteiger partial charge in [0.15, 0.2) is 0 Å². The summed E-state index contributed by atoms with van der Waals surface area (Å²) in [4.78, 5) is 22.2. The van der Waals surface area contributed by atoms with E-state index in [1.807, 2.05) is 13.8 Å². The highest BCUT2D eigenvalue weighted by molar-refractivity contribution is 5.93. The van der Waals surface area contributed by atoms with Crippen LogP contribution in [0.4, 0.5) is 0 Å². The molecule has 0 N–H and O–H groups in total. The van der Waals surface area contributed by atoms with Crippen LogP contribution in [-0.4, -0.2) is 18.9 Å². The second-order valence-corrected chi connectivity index (χ2v) is 3.55. The molecule has 0 radical (unpaired) electrons. The molecule has 0 aliphatic carbocycles. The van der Waals surface area contributed by atoms with Crippen LogP contribution in [0.1, 0.15) is 26.7 Å². The summed E-state index contributed by atoms with van der Waals surface area (Å²) >= 11 is 0. The largest absolute Gasteiger partial charge is 0.465 e. The van der Waals surface area contributed by atoms with E-state index in [9.17, 15) is 9.59 Å². The quantitative estimate of drug-likeness (QED) is 0.355. The fourth-order valence-corrected chi connectivity index (χ4v) is 1.53. The molecule has 1 rings (SSSR count). The Balaban J connectivity index is 2.88. The van der Waals surface area contributed by atoms with Gasteiger partial charge in [-0.1, -0.05) is 13.8 Å². The maximum atomic E-state index is 11.3. The van der Waals surface area contributed by atoms with Gasteiger partial charge in [0.1, 0.15) is 11.7 Å². The lowest BCUT2D eigenvalue weighted by molar-refractivity contribution is -0.166. The molecule has 0 bridgehead atoms. The summed E-state index contributed by atoms with van der Waals surface area (Å²) in [5.41, 5.74) is -0.863. The summed E-state index contributed by atoms with van der Waals surface area (Å²) in [5, 5.41) is 0. The van der Waals surface area contributed by atoms with Crippen molar-refractivity contribution in [3.63, 3.8) is 0 Å². The van der Waals surface area contributed by atoms with Gasteiger partial charge in [-0.15, -0.1) is 0 Å². The van der Waals surface area contributed by atoms with E-state index in [0.717, 1.165) is 12.7 Å². The molecule has 1 fully saturated rings. The topological polar surface area (TPSA) is 43.4 Å². The first-order chi connectivity index (χ1) is 5.63. The number of hydrogen-bond donors (Lipinski definition) is 0. The fraction of sp³-hybridized carbons (Fsp3) is 0.778. The summed E-state index contributed by atoms with van der Waals surface area (Å²) in [6.07, 6.45) is 2.18. The van der Waals surface area contributed by atoms with E-state index < -0.39 is 5.41 Å². The highest BCUT2D eigenvalue weighted by Crippen LogP contribution is 2.35. The standard InChI is InChI=1S/C9H14O3/c1-7(2)9(6-10)4-3-5-12-8(9)11/h6-7H,3-5H2,1-2H3. The highest BCUT2D eigenvalue weighted by Gasteiger charge is 2.44. The molecule has 68 valence electrons. The lowest BCUT2D eigenvalue weighted by Gasteiger charge is -2.33. The molecule has 1 aliphatic rings. The average molecular weight is 170 g/mol. The van der Waals surface area contributed by atoms with Gasteiger partial charge in [-0.3, -0.25) is 4.79 Å². The first kappa shape index (κ1) is 9.23. The van der Waals surface area contributed by atoms with Crippen molar-refractivity contribution in [2.75, 3.05) is 6.61 Å². The van der Waals surface area contributed by atoms with Crippen LogP contribution in [0.25, 0.3) is 0 Å². The molecular weight excluding hydrogens is 156 g/mol. The molecule has 1 heterocycles. The third kappa shape index (κ3) is 1.24. The Hall–Kier alpha value is -0.860. The lowest BCUT2D eigenvalue weighted by atomic mass is 9.74. The Labute approximate surface area is 72.1 Å². The minimum atomic E-state index is -0.863. The minimum absolute atomic E-state index is 0.0304. The molecule has 0 saturated carbocycles. The summed E-state index contributed by atoms with van der Waals surface area (Å²) < 4.78 is 4.88. The van der Waals surface area contributed by atoms with Gasteiger partial charge in [0.25, 0.3) is 0 Å². The molecule has 0 aromatic heterocycles. The Kier molecular flexibility index (Phi) is 2.50. The normalized spacial score (nSPS) is 30.1. The van der Waals surface area contributed by atoms with Crippen LogP contribution in [0.5, 0.6) is 0 Å². The summed E-state index contributed by atoms with van der Waals surface area (Å²) in [6, 6.07) is 0. The molecule has 3 heteroatoms. The summed E-state index contributed by atoms with van der Waals surface area (Å²) in [7, 11) is 0. The molecule has 0 spiro atoms. The predicted molar refractivity (Wildman–Crippen MR) is 43.5 cm³/mol. The Morgan fingerprint density at radius 1 is 1.58 bits per heavy atom. The second kappa shape index (κ2) is 3.25. The first-order valence-corrected chi connectivity index (χ1v) is 4.27. The zero-order valence-electron chi connectivity index (χ0n) is 7.50. The van der Waals surface area contributed by atoms with Crippen LogP contribution in [0, 0.1) is 11.3 Å². The Morgan fingerprint density at radius 2 is 2.25 bits per heavy atom. The van der Waals surface area contributed by atoms with E-state index >= 15 is 0 Å². The molecular formula is C9H14O3. The molecule has 12 heavy (non-hydrogen) atoms. The second-order valence-electron chi connectivity index (χ2n) is 3.55. The van der Waals surface area contributed by atoms with Crippen LogP contribution >= 0.6 is 0 Å². The number of esters is 1. The monoisotopic (exact) mass is 170 g/mol. The van der Waals surface area contributed by atoms with Crippen molar-refractivity contribution in [1.82, 2.24) is 0 Å². The van der Waals surface area contributed by atoms with E-state index in [-0.39, 0.29) is 11.9 Å². The molecule has 1 atom stereocenters. The molecule has 1 saturated heterocycles. The van der Waals surface area contributed by atoms with Crippen LogP contribution in [-0.2, 0) is 14.3 Å². The van der Waals surface area contributed by atoms with E-state index in [1.165, 1.54) is 0 Å². The van der Waals surface area contributed by atoms with E-state index in [2.05, 4.69) is 0 Å². The van der Waals surface area contributed by atoms with Crippen LogP contribution < -0.4 is 0 Å². The zero-order chi connectivity index (χ0) is 9.19. The van der Waals surface area contributed by atoms with Crippen molar-refractivity contribution in [2.45, 2.75) is 26.7 Å². The van der Waals surface area contributed by atoms with Crippen molar-refractivity contribution in [3.8, 4) is 0 Å². The number of carbonyl (C=O) groups is 2. The summed E-state index contributed by atoms with van der Waals surface area (Å²) in [5.74, 6) is -0.318. The fourth-order valence-electron chi connectivity index (χ4n) is 1.53. The van der Waals surface area contributed by atoms with Crippen LogP contribution in [0.15, 0.2) is 0 Å². The van der Waals surface area contributed by atoms with Gasteiger partial charge in [-0.25, -0.2) is 0 Å². The minimum Gasteiger partial charge on any atom is -0.465 e. The van der Waals surface area contributed by atoms with Crippen molar-refractivity contribution < 1.29 is 14.3 Å². The van der Waals surface area contributed by atoms with E-state index in [4.69, 9.17) is 4.74 Å². The number of aldehydes is 1. The van der Waals surface area contributed by atoms with Gasteiger partial charge in [0.2, 0.25) is 0 Å². The molecule has 0 amide bonds. The van der Waals surface area contributed by atoms with Gasteiger partial charge in [-0.2, -0.15) is 0 Å². The smallest absolute Gasteiger partial charge is 0.319 e. The average Bonchev–Trinajstić information content (AvgIpc) is 2.05. The number of carbonyl (C=O) groups excluding carboxylic acids is 2. The van der Waals surface area contributed by atoms with Gasteiger partial charge < -0.3 is 9.53 Å². The first-order valence-electron chi connectivity index (χ1n) is 4.27. The van der Waals surface area contributed by atoms with Crippen LogP contribution in [0.3, 0.4) is 0 Å². The maximum absolute atomic E-state index is 11.3. The van der Waals surface area contributed by atoms with Crippen molar-refractivity contribution in [2.24, 2.45) is 11.3 Å². The number of ether oxygens (including phenoxy) is 1. The number of rotatable bonds is 2. The van der Waals surface area contributed by atoms with E-state index in [0.29, 0.717) is 13.0 Å². The molecule has 3 nitrogen and oxygen atoms in total. The number of cyclic esters (lactones) is 1. The lowest BCUT2D eigenvalue weighted by Crippen LogP contribution is -2.42. The third-order valence-corrected chi connectivity index (χ3v) is 2.59. The molecule has 0 aromatic rings. The number of hydrogen-bond acceptors (Lipinski definition) is 3. The Morgan fingerprint density at radius 3 is 2.58 bits per heavy atom. The van der Waals surface area contributed by atoms with Crippen molar-refractivity contribution in [1.29, 1.82) is 0 Å². The zero-order valence-corrected chi connectivity index (χ0v) is 7.50. The molecule has 0 aromatic carbocycles. The maximum Gasteiger partial charge on any atom is 0.319 e. The van der Waals surface area contributed by atoms with Gasteiger partial charge in [-0.05, 0) is 18.8 Å². The van der Waals surface area contributed by atoms with Gasteiger partial charge >= 0.3 is 5.97 Å². The highest BCUT2D eigenvalue weighted by atomic mass is 16.5. The van der Waals surface area contributed by atoms with Gasteiger partial charge in [0, 0.05) is 0 Å². The Bertz CT molecular complexity index is 198. The van der Waals surface area contributed by atoms with Crippen molar-refractivity contribution in [3.05, 3.63) is 0 Å². The van der Waals surface area contributed by atoms with Gasteiger partial charge in [0.05, 0.1) is 6.61 Å². The van der Waals surface area contributed by atoms with E-state index in [1.54, 1.807) is 0 Å². The third-order valence-electron chi connectivity index (χ3n) is 2.59. The summed E-state index contributed by atoms with van der Waals surface area (Å²) in [6.45, 7) is 4.21. The molecule has 1 aliphatic heterocycles.